The van der Waals surface area contributed by atoms with Crippen LogP contribution < -0.4 is 10.0 Å². The fourth-order valence-corrected chi connectivity index (χ4v) is 2.85. The summed E-state index contributed by atoms with van der Waals surface area (Å²) < 4.78 is 31.8. The van der Waals surface area contributed by atoms with Crippen LogP contribution in [0, 0.1) is 0 Å². The SMILES string of the molecule is CCNCc1ccc(S(=O)(=O)NC(C)CCCO)o1. The number of rotatable bonds is 9. The Morgan fingerprint density at radius 3 is 2.79 bits per heavy atom. The van der Waals surface area contributed by atoms with Crippen molar-refractivity contribution in [2.24, 2.45) is 0 Å². The van der Waals surface area contributed by atoms with E-state index in [-0.39, 0.29) is 17.7 Å². The molecule has 3 N–H and O–H groups in total. The summed E-state index contributed by atoms with van der Waals surface area (Å²) in [6.07, 6.45) is 1.15. The Hall–Kier alpha value is -0.890. The van der Waals surface area contributed by atoms with Gasteiger partial charge in [-0.05, 0) is 38.4 Å². The van der Waals surface area contributed by atoms with E-state index in [1.165, 1.54) is 6.07 Å². The van der Waals surface area contributed by atoms with Crippen LogP contribution in [0.3, 0.4) is 0 Å². The maximum Gasteiger partial charge on any atom is 0.274 e. The first-order valence-electron chi connectivity index (χ1n) is 6.42. The zero-order valence-electron chi connectivity index (χ0n) is 11.3. The molecule has 1 aromatic heterocycles. The van der Waals surface area contributed by atoms with Gasteiger partial charge >= 0.3 is 0 Å². The van der Waals surface area contributed by atoms with Crippen molar-refractivity contribution in [3.05, 3.63) is 17.9 Å². The summed E-state index contributed by atoms with van der Waals surface area (Å²) in [5, 5.41) is 11.7. The molecule has 7 heteroatoms. The van der Waals surface area contributed by atoms with Gasteiger partial charge in [0.2, 0.25) is 5.09 Å². The molecule has 0 saturated heterocycles. The first-order valence-corrected chi connectivity index (χ1v) is 7.90. The van der Waals surface area contributed by atoms with Gasteiger partial charge in [0.25, 0.3) is 10.0 Å². The van der Waals surface area contributed by atoms with E-state index in [9.17, 15) is 8.42 Å². The summed E-state index contributed by atoms with van der Waals surface area (Å²) in [4.78, 5) is 0. The highest BCUT2D eigenvalue weighted by molar-refractivity contribution is 7.89. The average molecular weight is 290 g/mol. The van der Waals surface area contributed by atoms with Crippen molar-refractivity contribution in [2.75, 3.05) is 13.2 Å². The van der Waals surface area contributed by atoms with Crippen LogP contribution in [0.1, 0.15) is 32.4 Å². The number of aliphatic hydroxyl groups excluding tert-OH is 1. The summed E-state index contributed by atoms with van der Waals surface area (Å²) in [5.41, 5.74) is 0. The Bertz CT molecular complexity index is 470. The lowest BCUT2D eigenvalue weighted by atomic mass is 10.2. The molecule has 1 unspecified atom stereocenters. The van der Waals surface area contributed by atoms with Gasteiger partial charge in [-0.3, -0.25) is 0 Å². The molecule has 0 amide bonds. The highest BCUT2D eigenvalue weighted by Crippen LogP contribution is 2.14. The molecular weight excluding hydrogens is 268 g/mol. The summed E-state index contributed by atoms with van der Waals surface area (Å²) in [5.74, 6) is 0.588. The number of aliphatic hydroxyl groups is 1. The van der Waals surface area contributed by atoms with Gasteiger partial charge in [0.15, 0.2) is 0 Å². The quantitative estimate of drug-likeness (QED) is 0.626. The topological polar surface area (TPSA) is 91.6 Å². The van der Waals surface area contributed by atoms with Crippen LogP contribution in [0.15, 0.2) is 21.6 Å². The van der Waals surface area contributed by atoms with Crippen molar-refractivity contribution >= 4 is 10.0 Å². The molecule has 1 heterocycles. The van der Waals surface area contributed by atoms with Gasteiger partial charge in [0.05, 0.1) is 6.54 Å². The molecule has 0 bridgehead atoms. The van der Waals surface area contributed by atoms with Crippen LogP contribution in [-0.2, 0) is 16.6 Å². The van der Waals surface area contributed by atoms with Crippen LogP contribution in [0.2, 0.25) is 0 Å². The first kappa shape index (κ1) is 16.2. The molecular formula is C12H22N2O4S. The van der Waals surface area contributed by atoms with E-state index in [0.29, 0.717) is 25.1 Å². The van der Waals surface area contributed by atoms with Crippen LogP contribution in [0.25, 0.3) is 0 Å². The van der Waals surface area contributed by atoms with Crippen LogP contribution in [0.4, 0.5) is 0 Å². The van der Waals surface area contributed by atoms with E-state index < -0.39 is 10.0 Å². The van der Waals surface area contributed by atoms with E-state index in [1.54, 1.807) is 13.0 Å². The third-order valence-electron chi connectivity index (χ3n) is 2.60. The molecule has 0 aliphatic heterocycles. The minimum Gasteiger partial charge on any atom is -0.447 e. The zero-order valence-corrected chi connectivity index (χ0v) is 12.2. The lowest BCUT2D eigenvalue weighted by Gasteiger charge is -2.11. The standard InChI is InChI=1S/C12H22N2O4S/c1-3-13-9-11-6-7-12(18-11)19(16,17)14-10(2)5-4-8-15/h6-7,10,13-15H,3-5,8-9H2,1-2H3. The second kappa shape index (κ2) is 7.64. The largest absolute Gasteiger partial charge is 0.447 e. The maximum absolute atomic E-state index is 12.0. The minimum atomic E-state index is -3.62. The van der Waals surface area contributed by atoms with Crippen LogP contribution in [0.5, 0.6) is 0 Å². The molecule has 0 radical (unpaired) electrons. The van der Waals surface area contributed by atoms with E-state index in [1.807, 2.05) is 6.92 Å². The van der Waals surface area contributed by atoms with Crippen molar-refractivity contribution < 1.29 is 17.9 Å². The second-order valence-corrected chi connectivity index (χ2v) is 6.03. The van der Waals surface area contributed by atoms with Crippen LogP contribution in [-0.4, -0.2) is 32.7 Å². The Kier molecular flexibility index (Phi) is 6.50. The Labute approximate surface area is 114 Å². The van der Waals surface area contributed by atoms with Gasteiger partial charge in [-0.2, -0.15) is 0 Å². The van der Waals surface area contributed by atoms with E-state index in [2.05, 4.69) is 10.0 Å². The predicted molar refractivity (Wildman–Crippen MR) is 72.2 cm³/mol. The molecule has 1 aromatic rings. The highest BCUT2D eigenvalue weighted by Gasteiger charge is 2.20. The van der Waals surface area contributed by atoms with Gasteiger partial charge in [-0.25, -0.2) is 13.1 Å². The Morgan fingerprint density at radius 1 is 1.42 bits per heavy atom. The van der Waals surface area contributed by atoms with Gasteiger partial charge in [-0.15, -0.1) is 0 Å². The molecule has 19 heavy (non-hydrogen) atoms. The summed E-state index contributed by atoms with van der Waals surface area (Å²) in [7, 11) is -3.62. The number of nitrogens with one attached hydrogen (secondary N) is 2. The van der Waals surface area contributed by atoms with Crippen molar-refractivity contribution in [1.82, 2.24) is 10.0 Å². The van der Waals surface area contributed by atoms with Crippen molar-refractivity contribution in [3.8, 4) is 0 Å². The van der Waals surface area contributed by atoms with Gasteiger partial charge in [0.1, 0.15) is 5.76 Å². The van der Waals surface area contributed by atoms with Crippen molar-refractivity contribution in [2.45, 2.75) is 44.4 Å². The molecule has 0 aliphatic rings. The van der Waals surface area contributed by atoms with E-state index in [0.717, 1.165) is 6.54 Å². The Balaban J connectivity index is 2.63. The molecule has 0 fully saturated rings. The second-order valence-electron chi connectivity index (χ2n) is 4.39. The molecule has 0 saturated carbocycles. The fraction of sp³-hybridized carbons (Fsp3) is 0.667. The average Bonchev–Trinajstić information content (AvgIpc) is 2.83. The van der Waals surface area contributed by atoms with Crippen molar-refractivity contribution in [3.63, 3.8) is 0 Å². The fourth-order valence-electron chi connectivity index (χ4n) is 1.63. The molecule has 0 aromatic carbocycles. The van der Waals surface area contributed by atoms with Gasteiger partial charge < -0.3 is 14.8 Å². The lowest BCUT2D eigenvalue weighted by molar-refractivity contribution is 0.279. The molecule has 1 rings (SSSR count). The van der Waals surface area contributed by atoms with Gasteiger partial charge in [0, 0.05) is 12.6 Å². The minimum absolute atomic E-state index is 0.0552. The number of hydrogen-bond acceptors (Lipinski definition) is 5. The van der Waals surface area contributed by atoms with Crippen molar-refractivity contribution in [1.29, 1.82) is 0 Å². The zero-order chi connectivity index (χ0) is 14.3. The maximum atomic E-state index is 12.0. The highest BCUT2D eigenvalue weighted by atomic mass is 32.2. The number of sulfonamides is 1. The van der Waals surface area contributed by atoms with Gasteiger partial charge in [-0.1, -0.05) is 6.92 Å². The smallest absolute Gasteiger partial charge is 0.274 e. The normalized spacial score (nSPS) is 13.6. The summed E-state index contributed by atoms with van der Waals surface area (Å²) in [6, 6.07) is 2.86. The summed E-state index contributed by atoms with van der Waals surface area (Å²) >= 11 is 0. The monoisotopic (exact) mass is 290 g/mol. The molecule has 0 spiro atoms. The van der Waals surface area contributed by atoms with E-state index >= 15 is 0 Å². The molecule has 6 nitrogen and oxygen atoms in total. The van der Waals surface area contributed by atoms with E-state index in [4.69, 9.17) is 9.52 Å². The number of furan rings is 1. The predicted octanol–water partition coefficient (Wildman–Crippen LogP) is 0.828. The van der Waals surface area contributed by atoms with Crippen LogP contribution >= 0.6 is 0 Å². The first-order chi connectivity index (χ1) is 8.99. The molecule has 110 valence electrons. The molecule has 0 aliphatic carbocycles. The molecule has 1 atom stereocenters. The number of hydrogen-bond donors (Lipinski definition) is 3. The summed E-state index contributed by atoms with van der Waals surface area (Å²) in [6.45, 7) is 5.08. The lowest BCUT2D eigenvalue weighted by Crippen LogP contribution is -2.32. The third kappa shape index (κ3) is 5.32. The third-order valence-corrected chi connectivity index (χ3v) is 4.06. The Morgan fingerprint density at radius 2 is 2.16 bits per heavy atom.